The Bertz CT molecular complexity index is 693. The number of aliphatic hydroxyl groups excluding tert-OH is 1. The number of sulfonamides is 1. The zero-order chi connectivity index (χ0) is 15.0. The molecule has 20 heavy (non-hydrogen) atoms. The van der Waals surface area contributed by atoms with Crippen LogP contribution in [-0.2, 0) is 26.5 Å². The van der Waals surface area contributed by atoms with E-state index < -0.39 is 26.5 Å². The fourth-order valence-electron chi connectivity index (χ4n) is 1.95. The maximum absolute atomic E-state index is 12.5. The molecule has 0 bridgehead atoms. The summed E-state index contributed by atoms with van der Waals surface area (Å²) in [5, 5.41) is 8.96. The van der Waals surface area contributed by atoms with Crippen molar-refractivity contribution in [1.82, 2.24) is 4.31 Å². The third-order valence-electron chi connectivity index (χ3n) is 2.99. The van der Waals surface area contributed by atoms with Gasteiger partial charge in [0.2, 0.25) is 10.0 Å². The van der Waals surface area contributed by atoms with E-state index in [1.165, 1.54) is 6.07 Å². The number of hydrogen-bond donors (Lipinski definition) is 1. The molecule has 10 heteroatoms. The van der Waals surface area contributed by atoms with E-state index in [1.807, 2.05) is 0 Å². The Morgan fingerprint density at radius 3 is 2.65 bits per heavy atom. The lowest BCUT2D eigenvalue weighted by Crippen LogP contribution is -2.33. The molecule has 1 aromatic rings. The molecule has 0 spiro atoms. The van der Waals surface area contributed by atoms with Gasteiger partial charge >= 0.3 is 0 Å². The zero-order valence-electron chi connectivity index (χ0n) is 10.5. The molecule has 114 valence electrons. The van der Waals surface area contributed by atoms with E-state index in [1.54, 1.807) is 0 Å². The van der Waals surface area contributed by atoms with Gasteiger partial charge in [0.25, 0.3) is 0 Å². The molecule has 0 radical (unpaired) electrons. The van der Waals surface area contributed by atoms with Crippen LogP contribution in [0.5, 0.6) is 0 Å². The van der Waals surface area contributed by atoms with Gasteiger partial charge < -0.3 is 9.52 Å². The highest BCUT2D eigenvalue weighted by atomic mass is 79.9. The number of furan rings is 1. The highest BCUT2D eigenvalue weighted by molar-refractivity contribution is 9.10. The highest BCUT2D eigenvalue weighted by Gasteiger charge is 2.32. The maximum Gasteiger partial charge on any atom is 0.247 e. The summed E-state index contributed by atoms with van der Waals surface area (Å²) in [6.07, 6.45) is 0.268. The van der Waals surface area contributed by atoms with Gasteiger partial charge in [-0.05, 0) is 22.4 Å². The first-order valence-corrected chi connectivity index (χ1v) is 9.91. The van der Waals surface area contributed by atoms with E-state index in [2.05, 4.69) is 15.9 Å². The summed E-state index contributed by atoms with van der Waals surface area (Å²) in [5.74, 6) is -0.0694. The number of rotatable bonds is 3. The summed E-state index contributed by atoms with van der Waals surface area (Å²) in [7, 11) is -7.02. The first-order valence-electron chi connectivity index (χ1n) is 5.86. The summed E-state index contributed by atoms with van der Waals surface area (Å²) < 4.78 is 54.1. The molecule has 2 heterocycles. The van der Waals surface area contributed by atoms with E-state index in [-0.39, 0.29) is 46.3 Å². The van der Waals surface area contributed by atoms with Gasteiger partial charge in [-0.2, -0.15) is 4.31 Å². The van der Waals surface area contributed by atoms with Gasteiger partial charge in [0, 0.05) is 19.2 Å². The first-order chi connectivity index (χ1) is 9.26. The lowest BCUT2D eigenvalue weighted by Gasteiger charge is -2.18. The van der Waals surface area contributed by atoms with E-state index >= 15 is 0 Å². The molecule has 2 rings (SSSR count). The van der Waals surface area contributed by atoms with Crippen molar-refractivity contribution < 1.29 is 26.4 Å². The zero-order valence-corrected chi connectivity index (χ0v) is 13.7. The molecule has 1 aliphatic heterocycles. The quantitative estimate of drug-likeness (QED) is 0.801. The molecule has 0 aliphatic carbocycles. The summed E-state index contributed by atoms with van der Waals surface area (Å²) in [4.78, 5) is -0.0964. The third kappa shape index (κ3) is 3.25. The van der Waals surface area contributed by atoms with E-state index in [9.17, 15) is 16.8 Å². The molecular formula is C10H14BrNO6S2. The molecular weight excluding hydrogens is 374 g/mol. The minimum absolute atomic E-state index is 0.00648. The van der Waals surface area contributed by atoms with Crippen LogP contribution in [0.25, 0.3) is 0 Å². The Balaban J connectivity index is 2.32. The number of hydrogen-bond acceptors (Lipinski definition) is 6. The molecule has 7 nitrogen and oxygen atoms in total. The topological polar surface area (TPSA) is 105 Å². The maximum atomic E-state index is 12.5. The van der Waals surface area contributed by atoms with Crippen molar-refractivity contribution in [2.75, 3.05) is 24.6 Å². The van der Waals surface area contributed by atoms with E-state index in [4.69, 9.17) is 9.52 Å². The molecule has 0 amide bonds. The van der Waals surface area contributed by atoms with Crippen molar-refractivity contribution in [2.45, 2.75) is 17.9 Å². The van der Waals surface area contributed by atoms with Crippen molar-refractivity contribution in [1.29, 1.82) is 0 Å². The van der Waals surface area contributed by atoms with Crippen LogP contribution in [0.15, 0.2) is 20.0 Å². The van der Waals surface area contributed by atoms with Crippen LogP contribution in [0, 0.1) is 0 Å². The molecule has 1 saturated heterocycles. The van der Waals surface area contributed by atoms with Gasteiger partial charge in [0.05, 0.1) is 11.5 Å². The monoisotopic (exact) mass is 387 g/mol. The van der Waals surface area contributed by atoms with E-state index in [0.717, 1.165) is 4.31 Å². The van der Waals surface area contributed by atoms with Crippen LogP contribution < -0.4 is 0 Å². The standard InChI is InChI=1S/C10H14BrNO6S2/c11-10-9(6-8(7-13)18-10)20(16,17)12-2-1-4-19(14,15)5-3-12/h6,13H,1-5,7H2. The van der Waals surface area contributed by atoms with Crippen molar-refractivity contribution in [3.63, 3.8) is 0 Å². The summed E-state index contributed by atoms with van der Waals surface area (Å²) in [6, 6.07) is 1.23. The van der Waals surface area contributed by atoms with Crippen molar-refractivity contribution in [3.05, 3.63) is 16.5 Å². The second-order valence-corrected chi connectivity index (χ2v) is 9.35. The van der Waals surface area contributed by atoms with Gasteiger partial charge in [0.15, 0.2) is 14.5 Å². The summed E-state index contributed by atoms with van der Waals surface area (Å²) >= 11 is 3.00. The summed E-state index contributed by atoms with van der Waals surface area (Å²) in [6.45, 7) is -0.340. The van der Waals surface area contributed by atoms with Crippen LogP contribution in [0.4, 0.5) is 0 Å². The third-order valence-corrected chi connectivity index (χ3v) is 7.47. The highest BCUT2D eigenvalue weighted by Crippen LogP contribution is 2.29. The fraction of sp³-hybridized carbons (Fsp3) is 0.600. The van der Waals surface area contributed by atoms with Gasteiger partial charge in [-0.15, -0.1) is 0 Å². The fourth-order valence-corrected chi connectivity index (χ4v) is 5.77. The molecule has 0 aromatic carbocycles. The van der Waals surface area contributed by atoms with Gasteiger partial charge in [-0.1, -0.05) is 0 Å². The Labute approximate surface area is 125 Å². The Hall–Kier alpha value is -0.420. The number of halogens is 1. The van der Waals surface area contributed by atoms with Crippen molar-refractivity contribution in [3.8, 4) is 0 Å². The van der Waals surface area contributed by atoms with Crippen LogP contribution in [0.2, 0.25) is 0 Å². The molecule has 1 aromatic heterocycles. The molecule has 1 aliphatic rings. The van der Waals surface area contributed by atoms with Gasteiger partial charge in [0.1, 0.15) is 17.3 Å². The Morgan fingerprint density at radius 2 is 2.05 bits per heavy atom. The second kappa shape index (κ2) is 5.76. The second-order valence-electron chi connectivity index (χ2n) is 4.42. The molecule has 0 saturated carbocycles. The molecule has 1 N–H and O–H groups in total. The minimum Gasteiger partial charge on any atom is -0.450 e. The predicted molar refractivity (Wildman–Crippen MR) is 74.4 cm³/mol. The first kappa shape index (κ1) is 16.0. The van der Waals surface area contributed by atoms with Gasteiger partial charge in [-0.25, -0.2) is 16.8 Å². The summed E-state index contributed by atoms with van der Waals surface area (Å²) in [5.41, 5.74) is 0. The van der Waals surface area contributed by atoms with Crippen LogP contribution in [0.1, 0.15) is 12.2 Å². The normalized spacial score (nSPS) is 20.7. The number of nitrogens with zero attached hydrogens (tertiary/aromatic N) is 1. The number of aliphatic hydroxyl groups is 1. The average molecular weight is 388 g/mol. The smallest absolute Gasteiger partial charge is 0.247 e. The van der Waals surface area contributed by atoms with Crippen LogP contribution in [-0.4, -0.2) is 50.8 Å². The van der Waals surface area contributed by atoms with Gasteiger partial charge in [-0.3, -0.25) is 0 Å². The lowest BCUT2D eigenvalue weighted by atomic mass is 10.5. The SMILES string of the molecule is O=S1(=O)CCCN(S(=O)(=O)c2cc(CO)oc2Br)CC1. The Kier molecular flexibility index (Phi) is 4.59. The van der Waals surface area contributed by atoms with E-state index in [0.29, 0.717) is 0 Å². The molecule has 1 fully saturated rings. The predicted octanol–water partition coefficient (Wildman–Crippen LogP) is 0.344. The van der Waals surface area contributed by atoms with Crippen LogP contribution in [0.3, 0.4) is 0 Å². The number of sulfone groups is 1. The van der Waals surface area contributed by atoms with Crippen molar-refractivity contribution in [2.24, 2.45) is 0 Å². The minimum atomic E-state index is -3.84. The Morgan fingerprint density at radius 1 is 1.35 bits per heavy atom. The van der Waals surface area contributed by atoms with Crippen molar-refractivity contribution >= 4 is 35.8 Å². The largest absolute Gasteiger partial charge is 0.450 e. The molecule has 0 atom stereocenters. The molecule has 0 unspecified atom stereocenters. The van der Waals surface area contributed by atoms with Crippen LogP contribution >= 0.6 is 15.9 Å². The average Bonchev–Trinajstić information content (AvgIpc) is 2.64. The lowest BCUT2D eigenvalue weighted by molar-refractivity contribution is 0.245.